The van der Waals surface area contributed by atoms with Crippen molar-refractivity contribution in [2.75, 3.05) is 26.9 Å². The van der Waals surface area contributed by atoms with E-state index in [4.69, 9.17) is 14.6 Å². The fraction of sp³-hybridized carbons (Fsp3) is 0.750. The van der Waals surface area contributed by atoms with Gasteiger partial charge in [-0.15, -0.1) is 0 Å². The molecule has 1 unspecified atom stereocenters. The molecule has 0 radical (unpaired) electrons. The average Bonchev–Trinajstić information content (AvgIpc) is 1.97. The summed E-state index contributed by atoms with van der Waals surface area (Å²) in [6.45, 7) is 6.74. The van der Waals surface area contributed by atoms with Crippen LogP contribution in [0.5, 0.6) is 0 Å². The van der Waals surface area contributed by atoms with Crippen LogP contribution < -0.4 is 0 Å². The second-order valence-electron chi connectivity index (χ2n) is 2.43. The van der Waals surface area contributed by atoms with E-state index in [2.05, 4.69) is 6.58 Å². The van der Waals surface area contributed by atoms with Gasteiger partial charge in [0.1, 0.15) is 0 Å². The quantitative estimate of drug-likeness (QED) is 0.456. The Morgan fingerprint density at radius 2 is 2.18 bits per heavy atom. The van der Waals surface area contributed by atoms with Crippen molar-refractivity contribution in [3.05, 3.63) is 12.2 Å². The van der Waals surface area contributed by atoms with Gasteiger partial charge in [0.25, 0.3) is 0 Å². The smallest absolute Gasteiger partial charge is 0.0978 e. The topological polar surface area (TPSA) is 38.7 Å². The highest BCUT2D eigenvalue weighted by atomic mass is 16.5. The van der Waals surface area contributed by atoms with Crippen LogP contribution in [0.15, 0.2) is 12.2 Å². The Balaban J connectivity index is 3.17. The number of hydrogen-bond acceptors (Lipinski definition) is 3. The molecule has 0 saturated heterocycles. The maximum Gasteiger partial charge on any atom is 0.0978 e. The van der Waals surface area contributed by atoms with Crippen LogP contribution in [0.3, 0.4) is 0 Å². The van der Waals surface area contributed by atoms with Crippen LogP contribution in [-0.4, -0.2) is 38.1 Å². The molecular weight excluding hydrogens is 144 g/mol. The Kier molecular flexibility index (Phi) is 6.12. The van der Waals surface area contributed by atoms with E-state index in [1.165, 1.54) is 0 Å². The molecule has 3 nitrogen and oxygen atoms in total. The van der Waals surface area contributed by atoms with E-state index < -0.39 is 6.10 Å². The molecular formula is C8H16O3. The zero-order valence-electron chi connectivity index (χ0n) is 7.17. The summed E-state index contributed by atoms with van der Waals surface area (Å²) in [6.07, 6.45) is -0.549. The Bertz CT molecular complexity index is 112. The zero-order chi connectivity index (χ0) is 8.69. The standard InChI is InChI=1S/C8H16O3/c1-7(2)8(9)6-11-5-4-10-3/h8-9H,1,4-6H2,2-3H3. The lowest BCUT2D eigenvalue weighted by Gasteiger charge is -2.09. The van der Waals surface area contributed by atoms with Crippen LogP contribution in [0.1, 0.15) is 6.92 Å². The molecule has 0 heterocycles. The predicted molar refractivity (Wildman–Crippen MR) is 43.5 cm³/mol. The second-order valence-corrected chi connectivity index (χ2v) is 2.43. The highest BCUT2D eigenvalue weighted by Crippen LogP contribution is 1.97. The second kappa shape index (κ2) is 6.34. The van der Waals surface area contributed by atoms with Gasteiger partial charge in [0.2, 0.25) is 0 Å². The Hall–Kier alpha value is -0.380. The van der Waals surface area contributed by atoms with Crippen molar-refractivity contribution in [1.82, 2.24) is 0 Å². The van der Waals surface area contributed by atoms with Crippen LogP contribution >= 0.6 is 0 Å². The Morgan fingerprint density at radius 3 is 2.64 bits per heavy atom. The third kappa shape index (κ3) is 6.04. The van der Waals surface area contributed by atoms with Crippen molar-refractivity contribution >= 4 is 0 Å². The molecule has 66 valence electrons. The van der Waals surface area contributed by atoms with Crippen LogP contribution in [0, 0.1) is 0 Å². The summed E-state index contributed by atoms with van der Waals surface area (Å²) in [7, 11) is 1.61. The lowest BCUT2D eigenvalue weighted by molar-refractivity contribution is 0.0260. The molecule has 0 aromatic carbocycles. The molecule has 0 fully saturated rings. The van der Waals surface area contributed by atoms with E-state index in [0.29, 0.717) is 19.8 Å². The van der Waals surface area contributed by atoms with Gasteiger partial charge in [0.05, 0.1) is 25.9 Å². The van der Waals surface area contributed by atoms with Crippen molar-refractivity contribution in [3.63, 3.8) is 0 Å². The molecule has 11 heavy (non-hydrogen) atoms. The van der Waals surface area contributed by atoms with Crippen molar-refractivity contribution in [2.24, 2.45) is 0 Å². The fourth-order valence-corrected chi connectivity index (χ4v) is 0.479. The van der Waals surface area contributed by atoms with E-state index in [9.17, 15) is 0 Å². The van der Waals surface area contributed by atoms with Crippen LogP contribution in [0.2, 0.25) is 0 Å². The first-order valence-electron chi connectivity index (χ1n) is 3.58. The van der Waals surface area contributed by atoms with Crippen molar-refractivity contribution < 1.29 is 14.6 Å². The molecule has 0 saturated carbocycles. The summed E-state index contributed by atoms with van der Waals surface area (Å²) in [6, 6.07) is 0. The van der Waals surface area contributed by atoms with E-state index in [-0.39, 0.29) is 0 Å². The molecule has 3 heteroatoms. The first-order chi connectivity index (χ1) is 5.18. The molecule has 0 aromatic heterocycles. The maximum absolute atomic E-state index is 9.16. The summed E-state index contributed by atoms with van der Waals surface area (Å²) < 4.78 is 9.82. The minimum Gasteiger partial charge on any atom is -0.386 e. The maximum atomic E-state index is 9.16. The SMILES string of the molecule is C=C(C)C(O)COCCOC. The summed E-state index contributed by atoms with van der Waals surface area (Å²) in [5.74, 6) is 0. The van der Waals surface area contributed by atoms with Gasteiger partial charge in [-0.25, -0.2) is 0 Å². The van der Waals surface area contributed by atoms with Gasteiger partial charge in [0, 0.05) is 7.11 Å². The molecule has 0 aliphatic heterocycles. The number of aliphatic hydroxyl groups is 1. The minimum absolute atomic E-state index is 0.304. The van der Waals surface area contributed by atoms with Gasteiger partial charge in [-0.2, -0.15) is 0 Å². The van der Waals surface area contributed by atoms with E-state index in [0.717, 1.165) is 5.57 Å². The first kappa shape index (κ1) is 10.6. The molecule has 1 atom stereocenters. The van der Waals surface area contributed by atoms with Gasteiger partial charge in [-0.3, -0.25) is 0 Å². The molecule has 0 rings (SSSR count). The number of aliphatic hydroxyl groups excluding tert-OH is 1. The van der Waals surface area contributed by atoms with Crippen molar-refractivity contribution in [2.45, 2.75) is 13.0 Å². The number of hydrogen-bond donors (Lipinski definition) is 1. The van der Waals surface area contributed by atoms with Crippen LogP contribution in [0.4, 0.5) is 0 Å². The van der Waals surface area contributed by atoms with E-state index in [1.54, 1.807) is 14.0 Å². The first-order valence-corrected chi connectivity index (χ1v) is 3.58. The lowest BCUT2D eigenvalue weighted by Crippen LogP contribution is -2.17. The normalized spacial score (nSPS) is 13.0. The monoisotopic (exact) mass is 160 g/mol. The fourth-order valence-electron chi connectivity index (χ4n) is 0.479. The number of rotatable bonds is 6. The molecule has 0 amide bonds. The van der Waals surface area contributed by atoms with Gasteiger partial charge < -0.3 is 14.6 Å². The summed E-state index contributed by atoms with van der Waals surface area (Å²) in [5.41, 5.74) is 0.724. The molecule has 0 spiro atoms. The van der Waals surface area contributed by atoms with Gasteiger partial charge in [-0.1, -0.05) is 6.58 Å². The van der Waals surface area contributed by atoms with Crippen LogP contribution in [0.25, 0.3) is 0 Å². The van der Waals surface area contributed by atoms with Gasteiger partial charge in [-0.05, 0) is 12.5 Å². The molecule has 0 bridgehead atoms. The Labute approximate surface area is 67.6 Å². The summed E-state index contributed by atoms with van der Waals surface area (Å²) in [5, 5.41) is 9.16. The van der Waals surface area contributed by atoms with Gasteiger partial charge in [0.15, 0.2) is 0 Å². The third-order valence-electron chi connectivity index (χ3n) is 1.28. The molecule has 1 N–H and O–H groups in total. The average molecular weight is 160 g/mol. The van der Waals surface area contributed by atoms with E-state index in [1.807, 2.05) is 0 Å². The summed E-state index contributed by atoms with van der Waals surface area (Å²) in [4.78, 5) is 0. The largest absolute Gasteiger partial charge is 0.386 e. The van der Waals surface area contributed by atoms with Crippen molar-refractivity contribution in [3.8, 4) is 0 Å². The summed E-state index contributed by atoms with van der Waals surface area (Å²) >= 11 is 0. The van der Waals surface area contributed by atoms with E-state index >= 15 is 0 Å². The van der Waals surface area contributed by atoms with Crippen molar-refractivity contribution in [1.29, 1.82) is 0 Å². The number of ether oxygens (including phenoxy) is 2. The predicted octanol–water partition coefficient (Wildman–Crippen LogP) is 0.586. The van der Waals surface area contributed by atoms with Crippen LogP contribution in [-0.2, 0) is 9.47 Å². The zero-order valence-corrected chi connectivity index (χ0v) is 7.17. The highest BCUT2D eigenvalue weighted by molar-refractivity contribution is 4.96. The number of methoxy groups -OCH3 is 1. The highest BCUT2D eigenvalue weighted by Gasteiger charge is 2.02. The molecule has 0 aromatic rings. The van der Waals surface area contributed by atoms with Gasteiger partial charge >= 0.3 is 0 Å². The third-order valence-corrected chi connectivity index (χ3v) is 1.28. The minimum atomic E-state index is -0.549. The lowest BCUT2D eigenvalue weighted by atomic mass is 10.2. The molecule has 0 aliphatic carbocycles. The molecule has 0 aliphatic rings. The Morgan fingerprint density at radius 1 is 1.55 bits per heavy atom.